The van der Waals surface area contributed by atoms with Crippen molar-refractivity contribution >= 4 is 24.8 Å². The second-order valence-electron chi connectivity index (χ2n) is 6.45. The van der Waals surface area contributed by atoms with Gasteiger partial charge in [-0.25, -0.2) is 0 Å². The van der Waals surface area contributed by atoms with Crippen molar-refractivity contribution in [1.82, 2.24) is 10.2 Å². The molecule has 0 saturated carbocycles. The molecule has 0 amide bonds. The van der Waals surface area contributed by atoms with Gasteiger partial charge in [-0.2, -0.15) is 0 Å². The van der Waals surface area contributed by atoms with Gasteiger partial charge in [-0.3, -0.25) is 4.90 Å². The number of halogens is 2. The largest absolute Gasteiger partial charge is 0.507 e. The van der Waals surface area contributed by atoms with Gasteiger partial charge in [0.25, 0.3) is 0 Å². The van der Waals surface area contributed by atoms with Crippen LogP contribution in [0.25, 0.3) is 0 Å². The predicted molar refractivity (Wildman–Crippen MR) is 95.8 cm³/mol. The van der Waals surface area contributed by atoms with E-state index in [-0.39, 0.29) is 36.3 Å². The first kappa shape index (κ1) is 21.3. The summed E-state index contributed by atoms with van der Waals surface area (Å²) in [6, 6.07) is 5.64. The normalized spacial score (nSPS) is 17.1. The van der Waals surface area contributed by atoms with E-state index in [9.17, 15) is 5.11 Å². The lowest BCUT2D eigenvalue weighted by atomic mass is 9.80. The summed E-state index contributed by atoms with van der Waals surface area (Å²) in [6.45, 7) is 10.6. The van der Waals surface area contributed by atoms with Gasteiger partial charge in [0.2, 0.25) is 0 Å². The number of phenols is 1. The zero-order chi connectivity index (χ0) is 14.8. The summed E-state index contributed by atoms with van der Waals surface area (Å²) in [6.07, 6.45) is 0. The Morgan fingerprint density at radius 3 is 2.27 bits per heavy atom. The zero-order valence-electron chi connectivity index (χ0n) is 13.8. The van der Waals surface area contributed by atoms with E-state index < -0.39 is 0 Å². The first-order valence-electron chi connectivity index (χ1n) is 7.26. The lowest BCUT2D eigenvalue weighted by Gasteiger charge is -2.43. The first-order valence-corrected chi connectivity index (χ1v) is 7.26. The molecule has 0 bridgehead atoms. The van der Waals surface area contributed by atoms with Gasteiger partial charge in [0.05, 0.1) is 12.7 Å². The molecule has 4 nitrogen and oxygen atoms in total. The lowest BCUT2D eigenvalue weighted by molar-refractivity contribution is 0.0821. The van der Waals surface area contributed by atoms with E-state index in [0.717, 1.165) is 37.5 Å². The number of nitrogens with one attached hydrogen (secondary N) is 1. The van der Waals surface area contributed by atoms with Gasteiger partial charge < -0.3 is 15.2 Å². The average Bonchev–Trinajstić information content (AvgIpc) is 2.40. The van der Waals surface area contributed by atoms with Gasteiger partial charge in [-0.05, 0) is 17.5 Å². The molecule has 1 heterocycles. The average molecular weight is 351 g/mol. The number of hydrogen-bond donors (Lipinski definition) is 2. The Labute approximate surface area is 146 Å². The van der Waals surface area contributed by atoms with Crippen molar-refractivity contribution in [2.75, 3.05) is 33.3 Å². The SMILES string of the molecule is COc1cccc(O)c1[C@@H](N1CCNCC1)C(C)(C)C.Cl.Cl. The summed E-state index contributed by atoms with van der Waals surface area (Å²) in [5.41, 5.74) is 0.924. The van der Waals surface area contributed by atoms with Crippen molar-refractivity contribution < 1.29 is 9.84 Å². The van der Waals surface area contributed by atoms with E-state index in [1.54, 1.807) is 13.2 Å². The maximum Gasteiger partial charge on any atom is 0.127 e. The Balaban J connectivity index is 0.00000220. The van der Waals surface area contributed by atoms with Gasteiger partial charge in [-0.1, -0.05) is 26.8 Å². The molecule has 1 aromatic rings. The molecule has 1 aliphatic heterocycles. The first-order chi connectivity index (χ1) is 9.45. The highest BCUT2D eigenvalue weighted by molar-refractivity contribution is 5.85. The minimum atomic E-state index is 0. The molecular weight excluding hydrogens is 323 g/mol. The van der Waals surface area contributed by atoms with Crippen LogP contribution in [0.3, 0.4) is 0 Å². The third-order valence-electron chi connectivity index (χ3n) is 3.87. The van der Waals surface area contributed by atoms with Crippen molar-refractivity contribution in [1.29, 1.82) is 0 Å². The van der Waals surface area contributed by atoms with Crippen LogP contribution in [0, 0.1) is 5.41 Å². The smallest absolute Gasteiger partial charge is 0.127 e. The number of phenolic OH excluding ortho intramolecular Hbond substituents is 1. The van der Waals surface area contributed by atoms with E-state index in [4.69, 9.17) is 4.74 Å². The molecule has 1 saturated heterocycles. The minimum absolute atomic E-state index is 0. The molecule has 128 valence electrons. The number of nitrogens with zero attached hydrogens (tertiary/aromatic N) is 1. The number of rotatable bonds is 3. The number of hydrogen-bond acceptors (Lipinski definition) is 4. The second kappa shape index (κ2) is 8.82. The van der Waals surface area contributed by atoms with Crippen molar-refractivity contribution in [2.24, 2.45) is 5.41 Å². The molecule has 22 heavy (non-hydrogen) atoms. The number of benzene rings is 1. The predicted octanol–water partition coefficient (Wildman–Crippen LogP) is 3.24. The molecule has 0 radical (unpaired) electrons. The van der Waals surface area contributed by atoms with Gasteiger partial charge in [-0.15, -0.1) is 24.8 Å². The van der Waals surface area contributed by atoms with Crippen LogP contribution in [0.5, 0.6) is 11.5 Å². The van der Waals surface area contributed by atoms with Crippen molar-refractivity contribution in [3.05, 3.63) is 23.8 Å². The van der Waals surface area contributed by atoms with Gasteiger partial charge in [0.1, 0.15) is 11.5 Å². The van der Waals surface area contributed by atoms with Crippen LogP contribution >= 0.6 is 24.8 Å². The molecule has 0 aliphatic carbocycles. The Kier molecular flexibility index (Phi) is 8.55. The lowest BCUT2D eigenvalue weighted by Crippen LogP contribution is -2.48. The molecule has 6 heteroatoms. The fraction of sp³-hybridized carbons (Fsp3) is 0.625. The monoisotopic (exact) mass is 350 g/mol. The number of methoxy groups -OCH3 is 1. The van der Waals surface area contributed by atoms with E-state index in [1.807, 2.05) is 12.1 Å². The third kappa shape index (κ3) is 4.66. The van der Waals surface area contributed by atoms with Crippen LogP contribution in [-0.2, 0) is 0 Å². The number of aromatic hydroxyl groups is 1. The highest BCUT2D eigenvalue weighted by atomic mass is 35.5. The minimum Gasteiger partial charge on any atom is -0.507 e. The molecule has 1 atom stereocenters. The summed E-state index contributed by atoms with van der Waals surface area (Å²) in [5, 5.41) is 13.7. The van der Waals surface area contributed by atoms with Crippen molar-refractivity contribution in [3.8, 4) is 11.5 Å². The Hall–Kier alpha value is -0.680. The Morgan fingerprint density at radius 1 is 1.18 bits per heavy atom. The molecule has 0 spiro atoms. The van der Waals surface area contributed by atoms with E-state index in [2.05, 4.69) is 31.0 Å². The maximum atomic E-state index is 10.4. The van der Waals surface area contributed by atoms with E-state index in [1.165, 1.54) is 0 Å². The molecule has 2 rings (SSSR count). The molecule has 2 N–H and O–H groups in total. The second-order valence-corrected chi connectivity index (χ2v) is 6.45. The fourth-order valence-corrected chi connectivity index (χ4v) is 3.09. The van der Waals surface area contributed by atoms with Crippen LogP contribution < -0.4 is 10.1 Å². The van der Waals surface area contributed by atoms with Crippen LogP contribution in [0.2, 0.25) is 0 Å². The van der Waals surface area contributed by atoms with Gasteiger partial charge in [0.15, 0.2) is 0 Å². The van der Waals surface area contributed by atoms with Crippen LogP contribution in [0.15, 0.2) is 18.2 Å². The molecule has 1 aromatic carbocycles. The third-order valence-corrected chi connectivity index (χ3v) is 3.87. The maximum absolute atomic E-state index is 10.4. The fourth-order valence-electron chi connectivity index (χ4n) is 3.09. The quantitative estimate of drug-likeness (QED) is 0.878. The van der Waals surface area contributed by atoms with Crippen LogP contribution in [0.1, 0.15) is 32.4 Å². The number of piperazine rings is 1. The Morgan fingerprint density at radius 2 is 1.77 bits per heavy atom. The summed E-state index contributed by atoms with van der Waals surface area (Å²) < 4.78 is 5.49. The van der Waals surface area contributed by atoms with Crippen LogP contribution in [-0.4, -0.2) is 43.3 Å². The van der Waals surface area contributed by atoms with Crippen molar-refractivity contribution in [2.45, 2.75) is 26.8 Å². The molecule has 0 aromatic heterocycles. The zero-order valence-corrected chi connectivity index (χ0v) is 15.4. The number of ether oxygens (including phenoxy) is 1. The standard InChI is InChI=1S/C16H26N2O2.2ClH/c1-16(2,3)15(18-10-8-17-9-11-18)14-12(19)6-5-7-13(14)20-4;;/h5-7,15,17,19H,8-11H2,1-4H3;2*1H/t15-;;/m1../s1. The summed E-state index contributed by atoms with van der Waals surface area (Å²) in [4.78, 5) is 2.44. The van der Waals surface area contributed by atoms with Crippen molar-refractivity contribution in [3.63, 3.8) is 0 Å². The highest BCUT2D eigenvalue weighted by Crippen LogP contribution is 2.45. The van der Waals surface area contributed by atoms with Gasteiger partial charge >= 0.3 is 0 Å². The highest BCUT2D eigenvalue weighted by Gasteiger charge is 2.36. The summed E-state index contributed by atoms with van der Waals surface area (Å²) >= 11 is 0. The summed E-state index contributed by atoms with van der Waals surface area (Å²) in [7, 11) is 1.66. The molecular formula is C16H28Cl2N2O2. The summed E-state index contributed by atoms with van der Waals surface area (Å²) in [5.74, 6) is 1.09. The van der Waals surface area contributed by atoms with Crippen LogP contribution in [0.4, 0.5) is 0 Å². The molecule has 1 fully saturated rings. The topological polar surface area (TPSA) is 44.7 Å². The van der Waals surface area contributed by atoms with Gasteiger partial charge in [0, 0.05) is 32.2 Å². The van der Waals surface area contributed by atoms with E-state index in [0.29, 0.717) is 5.75 Å². The Bertz CT molecular complexity index is 458. The molecule has 1 aliphatic rings. The van der Waals surface area contributed by atoms with E-state index >= 15 is 0 Å². The molecule has 0 unspecified atom stereocenters.